The molecule has 1 saturated carbocycles. The molecule has 5 heteroatoms. The highest BCUT2D eigenvalue weighted by atomic mass is 127. The number of carbonyl (C=O) groups is 1. The second-order valence-electron chi connectivity index (χ2n) is 3.28. The smallest absolute Gasteiger partial charge is 0.319 e. The summed E-state index contributed by atoms with van der Waals surface area (Å²) in [6, 6.07) is 0.577. The van der Waals surface area contributed by atoms with Crippen molar-refractivity contribution >= 4 is 28.8 Å². The molecule has 0 heterocycles. The number of nitrogens with one attached hydrogen (secondary N) is 1. The third kappa shape index (κ3) is 3.78. The Bertz CT molecular complexity index is 170. The Morgan fingerprint density at radius 1 is 1.46 bits per heavy atom. The van der Waals surface area contributed by atoms with Crippen molar-refractivity contribution in [2.75, 3.05) is 6.54 Å². The third-order valence-corrected chi connectivity index (χ3v) is 3.17. The third-order valence-electron chi connectivity index (χ3n) is 2.29. The molecule has 3 N–H and O–H groups in total. The second kappa shape index (κ2) is 5.77. The lowest BCUT2D eigenvalue weighted by Crippen LogP contribution is -2.32. The number of carbonyl (C=O) groups excluding carboxylic acids is 1. The fourth-order valence-electron chi connectivity index (χ4n) is 1.52. The molecule has 0 spiro atoms. The molecule has 0 aromatic heterocycles. The summed E-state index contributed by atoms with van der Waals surface area (Å²) in [5.74, 6) is -0.286. The molecule has 13 heavy (non-hydrogen) atoms. The average Bonchev–Trinajstić information content (AvgIpc) is 2.19. The van der Waals surface area contributed by atoms with Gasteiger partial charge in [0.05, 0.1) is 6.54 Å². The van der Waals surface area contributed by atoms with E-state index in [1.165, 1.54) is 0 Å². The molecule has 0 aliphatic heterocycles. The first-order chi connectivity index (χ1) is 6.26. The first kappa shape index (κ1) is 11.2. The van der Waals surface area contributed by atoms with Crippen molar-refractivity contribution in [1.82, 2.24) is 3.53 Å². The van der Waals surface area contributed by atoms with Gasteiger partial charge in [-0.1, -0.05) is 0 Å². The van der Waals surface area contributed by atoms with Gasteiger partial charge in [-0.15, -0.1) is 0 Å². The highest BCUT2D eigenvalue weighted by molar-refractivity contribution is 14.1. The van der Waals surface area contributed by atoms with Gasteiger partial charge in [0.15, 0.2) is 0 Å². The summed E-state index contributed by atoms with van der Waals surface area (Å²) in [7, 11) is 0. The standard InChI is InChI=1S/C8H15IN2O2/c9-11-6-1-3-7(4-2-6)13-8(12)5-10/h6-7,11H,1-5,10H2. The zero-order valence-corrected chi connectivity index (χ0v) is 9.62. The van der Waals surface area contributed by atoms with Gasteiger partial charge in [0.2, 0.25) is 0 Å². The van der Waals surface area contributed by atoms with Gasteiger partial charge in [-0.2, -0.15) is 0 Å². The van der Waals surface area contributed by atoms with Gasteiger partial charge in [0, 0.05) is 28.9 Å². The molecule has 4 nitrogen and oxygen atoms in total. The van der Waals surface area contributed by atoms with Crippen LogP contribution in [0.5, 0.6) is 0 Å². The SMILES string of the molecule is NCC(=O)OC1CCC(NI)CC1. The van der Waals surface area contributed by atoms with Crippen molar-refractivity contribution in [1.29, 1.82) is 0 Å². The van der Waals surface area contributed by atoms with Gasteiger partial charge in [-0.05, 0) is 25.7 Å². The number of esters is 1. The van der Waals surface area contributed by atoms with Crippen LogP contribution in [0.1, 0.15) is 25.7 Å². The van der Waals surface area contributed by atoms with Crippen LogP contribution in [0.2, 0.25) is 0 Å². The summed E-state index contributed by atoms with van der Waals surface area (Å²) in [6.07, 6.45) is 4.15. The quantitative estimate of drug-likeness (QED) is 0.458. The monoisotopic (exact) mass is 298 g/mol. The van der Waals surface area contributed by atoms with E-state index in [0.717, 1.165) is 25.7 Å². The minimum absolute atomic E-state index is 0.00946. The molecule has 1 aliphatic carbocycles. The van der Waals surface area contributed by atoms with Crippen molar-refractivity contribution in [3.05, 3.63) is 0 Å². The van der Waals surface area contributed by atoms with E-state index in [1.807, 2.05) is 0 Å². The first-order valence-electron chi connectivity index (χ1n) is 4.52. The van der Waals surface area contributed by atoms with E-state index in [0.29, 0.717) is 6.04 Å². The van der Waals surface area contributed by atoms with E-state index in [-0.39, 0.29) is 18.6 Å². The summed E-state index contributed by atoms with van der Waals surface area (Å²) in [4.78, 5) is 10.9. The molecule has 0 bridgehead atoms. The summed E-state index contributed by atoms with van der Waals surface area (Å²) < 4.78 is 8.34. The van der Waals surface area contributed by atoms with E-state index >= 15 is 0 Å². The lowest BCUT2D eigenvalue weighted by atomic mass is 9.94. The van der Waals surface area contributed by atoms with E-state index in [4.69, 9.17) is 10.5 Å². The second-order valence-corrected chi connectivity index (χ2v) is 3.90. The molecule has 0 radical (unpaired) electrons. The van der Waals surface area contributed by atoms with Crippen molar-refractivity contribution in [3.63, 3.8) is 0 Å². The van der Waals surface area contributed by atoms with E-state index < -0.39 is 0 Å². The van der Waals surface area contributed by atoms with Crippen LogP contribution in [0.3, 0.4) is 0 Å². The first-order valence-corrected chi connectivity index (χ1v) is 5.60. The minimum atomic E-state index is -0.286. The van der Waals surface area contributed by atoms with E-state index in [1.54, 1.807) is 0 Å². The molecule has 1 aliphatic rings. The number of hydrogen-bond donors (Lipinski definition) is 2. The predicted octanol–water partition coefficient (Wildman–Crippen LogP) is 0.739. The Hall–Kier alpha value is 0.120. The van der Waals surface area contributed by atoms with Crippen LogP contribution in [0.15, 0.2) is 0 Å². The molecule has 0 amide bonds. The largest absolute Gasteiger partial charge is 0.461 e. The van der Waals surface area contributed by atoms with Gasteiger partial charge in [0.25, 0.3) is 0 Å². The topological polar surface area (TPSA) is 64.4 Å². The van der Waals surface area contributed by atoms with Gasteiger partial charge >= 0.3 is 5.97 Å². The summed E-state index contributed by atoms with van der Waals surface area (Å²) in [5, 5.41) is 0. The Morgan fingerprint density at radius 3 is 2.54 bits per heavy atom. The number of rotatable bonds is 3. The fourth-order valence-corrected chi connectivity index (χ4v) is 2.15. The Labute approximate surface area is 92.1 Å². The van der Waals surface area contributed by atoms with E-state index in [2.05, 4.69) is 26.4 Å². The number of nitrogens with two attached hydrogens (primary N) is 1. The maximum absolute atomic E-state index is 10.9. The maximum atomic E-state index is 10.9. The van der Waals surface area contributed by atoms with Crippen LogP contribution in [0.4, 0.5) is 0 Å². The molecule has 0 atom stereocenters. The van der Waals surface area contributed by atoms with E-state index in [9.17, 15) is 4.79 Å². The van der Waals surface area contributed by atoms with Gasteiger partial charge in [-0.3, -0.25) is 8.32 Å². The fraction of sp³-hybridized carbons (Fsp3) is 0.875. The van der Waals surface area contributed by atoms with Crippen LogP contribution < -0.4 is 9.26 Å². The van der Waals surface area contributed by atoms with Gasteiger partial charge < -0.3 is 10.5 Å². The van der Waals surface area contributed by atoms with Crippen LogP contribution in [0, 0.1) is 0 Å². The van der Waals surface area contributed by atoms with Crippen molar-refractivity contribution in [2.45, 2.75) is 37.8 Å². The Balaban J connectivity index is 2.21. The summed E-state index contributed by atoms with van der Waals surface area (Å²) in [5.41, 5.74) is 5.15. The molecule has 0 aromatic carbocycles. The van der Waals surface area contributed by atoms with Gasteiger partial charge in [-0.25, -0.2) is 0 Å². The highest BCUT2D eigenvalue weighted by Gasteiger charge is 2.22. The summed E-state index contributed by atoms with van der Waals surface area (Å²) >= 11 is 2.17. The predicted molar refractivity (Wildman–Crippen MR) is 58.3 cm³/mol. The molecule has 0 aromatic rings. The van der Waals surface area contributed by atoms with Crippen LogP contribution >= 0.6 is 22.9 Å². The normalized spacial score (nSPS) is 28.5. The molecule has 0 saturated heterocycles. The van der Waals surface area contributed by atoms with Crippen LogP contribution in [-0.2, 0) is 9.53 Å². The lowest BCUT2D eigenvalue weighted by molar-refractivity contribution is -0.148. The molecular weight excluding hydrogens is 283 g/mol. The Kier molecular flexibility index (Phi) is 4.97. The number of hydrogen-bond acceptors (Lipinski definition) is 4. The minimum Gasteiger partial charge on any atom is -0.461 e. The number of halogens is 1. The Morgan fingerprint density at radius 2 is 2.08 bits per heavy atom. The highest BCUT2D eigenvalue weighted by Crippen LogP contribution is 2.21. The molecule has 1 rings (SSSR count). The zero-order valence-electron chi connectivity index (χ0n) is 7.46. The van der Waals surface area contributed by atoms with Crippen molar-refractivity contribution in [2.24, 2.45) is 5.73 Å². The number of ether oxygens (including phenoxy) is 1. The lowest BCUT2D eigenvalue weighted by Gasteiger charge is -2.27. The molecular formula is C8H15IN2O2. The zero-order chi connectivity index (χ0) is 9.68. The molecule has 0 unspecified atom stereocenters. The van der Waals surface area contributed by atoms with Crippen LogP contribution in [0.25, 0.3) is 0 Å². The van der Waals surface area contributed by atoms with Crippen molar-refractivity contribution < 1.29 is 9.53 Å². The van der Waals surface area contributed by atoms with Crippen LogP contribution in [-0.4, -0.2) is 24.7 Å². The molecule has 1 fully saturated rings. The average molecular weight is 298 g/mol. The summed E-state index contributed by atoms with van der Waals surface area (Å²) in [6.45, 7) is -0.00946. The van der Waals surface area contributed by atoms with Crippen molar-refractivity contribution in [3.8, 4) is 0 Å². The maximum Gasteiger partial charge on any atom is 0.319 e. The molecule has 76 valence electrons. The van der Waals surface area contributed by atoms with Gasteiger partial charge in [0.1, 0.15) is 6.10 Å².